The van der Waals surface area contributed by atoms with Gasteiger partial charge in [0.25, 0.3) is 0 Å². The molecule has 0 saturated carbocycles. The Morgan fingerprint density at radius 3 is 3.17 bits per heavy atom. The van der Waals surface area contributed by atoms with E-state index >= 15 is 0 Å². The number of carbonyl (C=O) groups is 1. The number of ether oxygens (including phenoxy) is 1. The van der Waals surface area contributed by atoms with Crippen molar-refractivity contribution < 1.29 is 9.53 Å². The summed E-state index contributed by atoms with van der Waals surface area (Å²) < 4.78 is 6.62. The minimum absolute atomic E-state index is 0.0791. The third-order valence-electron chi connectivity index (χ3n) is 2.94. The maximum atomic E-state index is 11.8. The van der Waals surface area contributed by atoms with Crippen LogP contribution in [0, 0.1) is 0 Å². The van der Waals surface area contributed by atoms with E-state index in [-0.39, 0.29) is 11.9 Å². The van der Waals surface area contributed by atoms with Crippen LogP contribution in [0.15, 0.2) is 28.7 Å². The zero-order valence-electron chi connectivity index (χ0n) is 10.4. The van der Waals surface area contributed by atoms with Crippen LogP contribution in [-0.4, -0.2) is 43.1 Å². The Kier molecular flexibility index (Phi) is 4.60. The molecule has 1 aromatic rings. The van der Waals surface area contributed by atoms with Crippen LogP contribution in [0.1, 0.15) is 6.92 Å². The zero-order chi connectivity index (χ0) is 13.0. The molecule has 0 spiro atoms. The van der Waals surface area contributed by atoms with Crippen molar-refractivity contribution in [1.82, 2.24) is 10.2 Å². The van der Waals surface area contributed by atoms with Gasteiger partial charge in [-0.05, 0) is 25.1 Å². The lowest BCUT2D eigenvalue weighted by Gasteiger charge is -2.31. The van der Waals surface area contributed by atoms with Gasteiger partial charge in [-0.2, -0.15) is 0 Å². The van der Waals surface area contributed by atoms with Gasteiger partial charge in [0, 0.05) is 17.6 Å². The largest absolute Gasteiger partial charge is 0.492 e. The Morgan fingerprint density at radius 2 is 2.39 bits per heavy atom. The van der Waals surface area contributed by atoms with Gasteiger partial charge in [-0.3, -0.25) is 4.79 Å². The van der Waals surface area contributed by atoms with Crippen LogP contribution in [0.3, 0.4) is 0 Å². The summed E-state index contributed by atoms with van der Waals surface area (Å²) in [5, 5.41) is 3.14. The van der Waals surface area contributed by atoms with Gasteiger partial charge in [0.1, 0.15) is 12.4 Å². The Balaban J connectivity index is 1.80. The molecule has 0 bridgehead atoms. The van der Waals surface area contributed by atoms with Crippen molar-refractivity contribution in [3.8, 4) is 5.75 Å². The first-order chi connectivity index (χ1) is 8.66. The molecular weight excluding hydrogens is 296 g/mol. The summed E-state index contributed by atoms with van der Waals surface area (Å²) in [5.41, 5.74) is 0. The van der Waals surface area contributed by atoms with E-state index in [0.29, 0.717) is 13.2 Å². The standard InChI is InChI=1S/C13H17BrN2O2/c1-10-13(17)16(6-5-15-10)7-8-18-12-4-2-3-11(14)9-12/h2-4,9-10,15H,5-8H2,1H3. The smallest absolute Gasteiger partial charge is 0.239 e. The molecule has 1 N–H and O–H groups in total. The highest BCUT2D eigenvalue weighted by Crippen LogP contribution is 2.17. The average Bonchev–Trinajstić information content (AvgIpc) is 2.35. The SMILES string of the molecule is CC1NCCN(CCOc2cccc(Br)c2)C1=O. The Hall–Kier alpha value is -1.07. The van der Waals surface area contributed by atoms with E-state index in [2.05, 4.69) is 21.2 Å². The van der Waals surface area contributed by atoms with Crippen LogP contribution in [0.4, 0.5) is 0 Å². The van der Waals surface area contributed by atoms with Crippen LogP contribution in [0.5, 0.6) is 5.75 Å². The Bertz CT molecular complexity index is 425. The van der Waals surface area contributed by atoms with Crippen molar-refractivity contribution in [2.24, 2.45) is 0 Å². The Labute approximate surface area is 115 Å². The number of halogens is 1. The van der Waals surface area contributed by atoms with E-state index in [1.807, 2.05) is 36.1 Å². The predicted octanol–water partition coefficient (Wildman–Crippen LogP) is 1.65. The lowest BCUT2D eigenvalue weighted by molar-refractivity contribution is -0.135. The van der Waals surface area contributed by atoms with E-state index < -0.39 is 0 Å². The molecule has 1 heterocycles. The normalized spacial score (nSPS) is 20.0. The maximum Gasteiger partial charge on any atom is 0.239 e. The summed E-state index contributed by atoms with van der Waals surface area (Å²) in [4.78, 5) is 13.7. The molecular formula is C13H17BrN2O2. The molecule has 2 rings (SSSR count). The summed E-state index contributed by atoms with van der Waals surface area (Å²) >= 11 is 3.40. The minimum atomic E-state index is -0.0791. The second-order valence-corrected chi connectivity index (χ2v) is 5.22. The lowest BCUT2D eigenvalue weighted by atomic mass is 10.2. The van der Waals surface area contributed by atoms with Gasteiger partial charge in [0.15, 0.2) is 0 Å². The first kappa shape index (κ1) is 13.4. The van der Waals surface area contributed by atoms with E-state index in [1.54, 1.807) is 0 Å². The third kappa shape index (κ3) is 3.46. The van der Waals surface area contributed by atoms with E-state index in [9.17, 15) is 4.79 Å². The fourth-order valence-corrected chi connectivity index (χ4v) is 2.32. The van der Waals surface area contributed by atoms with Gasteiger partial charge in [-0.15, -0.1) is 0 Å². The summed E-state index contributed by atoms with van der Waals surface area (Å²) in [5.74, 6) is 0.971. The third-order valence-corrected chi connectivity index (χ3v) is 3.43. The van der Waals surface area contributed by atoms with Gasteiger partial charge < -0.3 is 15.0 Å². The molecule has 98 valence electrons. The Morgan fingerprint density at radius 1 is 1.56 bits per heavy atom. The number of benzene rings is 1. The highest BCUT2D eigenvalue weighted by molar-refractivity contribution is 9.10. The molecule has 5 heteroatoms. The molecule has 1 saturated heterocycles. The van der Waals surface area contributed by atoms with Crippen molar-refractivity contribution in [2.75, 3.05) is 26.2 Å². The van der Waals surface area contributed by atoms with Gasteiger partial charge >= 0.3 is 0 Å². The molecule has 1 fully saturated rings. The summed E-state index contributed by atoms with van der Waals surface area (Å²) in [6, 6.07) is 7.63. The molecule has 0 aliphatic carbocycles. The average molecular weight is 313 g/mol. The van der Waals surface area contributed by atoms with Crippen molar-refractivity contribution in [3.05, 3.63) is 28.7 Å². The lowest BCUT2D eigenvalue weighted by Crippen LogP contribution is -2.54. The molecule has 1 aliphatic heterocycles. The monoisotopic (exact) mass is 312 g/mol. The summed E-state index contributed by atoms with van der Waals surface area (Å²) in [7, 11) is 0. The number of carbonyl (C=O) groups excluding carboxylic acids is 1. The van der Waals surface area contributed by atoms with E-state index in [4.69, 9.17) is 4.74 Å². The predicted molar refractivity (Wildman–Crippen MR) is 73.7 cm³/mol. The quantitative estimate of drug-likeness (QED) is 0.919. The molecule has 1 unspecified atom stereocenters. The fraction of sp³-hybridized carbons (Fsp3) is 0.462. The summed E-state index contributed by atoms with van der Waals surface area (Å²) in [6.07, 6.45) is 0. The highest BCUT2D eigenvalue weighted by atomic mass is 79.9. The molecule has 0 radical (unpaired) electrons. The van der Waals surface area contributed by atoms with Gasteiger partial charge in [0.2, 0.25) is 5.91 Å². The second kappa shape index (κ2) is 6.20. The van der Waals surface area contributed by atoms with Crippen LogP contribution >= 0.6 is 15.9 Å². The van der Waals surface area contributed by atoms with Crippen LogP contribution in [-0.2, 0) is 4.79 Å². The zero-order valence-corrected chi connectivity index (χ0v) is 11.9. The van der Waals surface area contributed by atoms with Gasteiger partial charge in [-0.25, -0.2) is 0 Å². The number of hydrogen-bond acceptors (Lipinski definition) is 3. The van der Waals surface area contributed by atoms with Gasteiger partial charge in [0.05, 0.1) is 12.6 Å². The first-order valence-electron chi connectivity index (χ1n) is 6.07. The van der Waals surface area contributed by atoms with Crippen LogP contribution in [0.2, 0.25) is 0 Å². The van der Waals surface area contributed by atoms with Crippen LogP contribution in [0.25, 0.3) is 0 Å². The van der Waals surface area contributed by atoms with Crippen molar-refractivity contribution >= 4 is 21.8 Å². The number of amides is 1. The molecule has 1 amide bonds. The van der Waals surface area contributed by atoms with Crippen molar-refractivity contribution in [3.63, 3.8) is 0 Å². The molecule has 1 atom stereocenters. The number of nitrogens with one attached hydrogen (secondary N) is 1. The van der Waals surface area contributed by atoms with Gasteiger partial charge in [-0.1, -0.05) is 22.0 Å². The molecule has 1 aliphatic rings. The number of hydrogen-bond donors (Lipinski definition) is 1. The topological polar surface area (TPSA) is 41.6 Å². The molecule has 4 nitrogen and oxygen atoms in total. The number of piperazine rings is 1. The minimum Gasteiger partial charge on any atom is -0.492 e. The number of rotatable bonds is 4. The highest BCUT2D eigenvalue weighted by Gasteiger charge is 2.23. The van der Waals surface area contributed by atoms with E-state index in [0.717, 1.165) is 23.3 Å². The molecule has 18 heavy (non-hydrogen) atoms. The van der Waals surface area contributed by atoms with Crippen molar-refractivity contribution in [2.45, 2.75) is 13.0 Å². The first-order valence-corrected chi connectivity index (χ1v) is 6.86. The molecule has 0 aromatic heterocycles. The second-order valence-electron chi connectivity index (χ2n) is 4.31. The van der Waals surface area contributed by atoms with Crippen LogP contribution < -0.4 is 10.1 Å². The molecule has 1 aromatic carbocycles. The van der Waals surface area contributed by atoms with E-state index in [1.165, 1.54) is 0 Å². The van der Waals surface area contributed by atoms with Crippen molar-refractivity contribution in [1.29, 1.82) is 0 Å². The fourth-order valence-electron chi connectivity index (χ4n) is 1.94. The number of nitrogens with zero attached hydrogens (tertiary/aromatic N) is 1. The maximum absolute atomic E-state index is 11.8. The summed E-state index contributed by atoms with van der Waals surface area (Å²) in [6.45, 7) is 4.66.